The van der Waals surface area contributed by atoms with Crippen LogP contribution in [0.15, 0.2) is 42.5 Å². The Morgan fingerprint density at radius 1 is 0.930 bits per heavy atom. The molecule has 5 nitrogen and oxygen atoms in total. The maximum Gasteiger partial charge on any atom is 0.419 e. The third kappa shape index (κ3) is 8.14. The van der Waals surface area contributed by atoms with E-state index in [0.717, 1.165) is 0 Å². The van der Waals surface area contributed by atoms with Gasteiger partial charge in [-0.1, -0.05) is 12.1 Å². The minimum atomic E-state index is -5.51. The van der Waals surface area contributed by atoms with Gasteiger partial charge in [0.15, 0.2) is 0 Å². The molecule has 2 aromatic carbocycles. The van der Waals surface area contributed by atoms with Crippen LogP contribution in [0.3, 0.4) is 0 Å². The van der Waals surface area contributed by atoms with Crippen LogP contribution in [0.1, 0.15) is 38.5 Å². The molecule has 0 bridgehead atoms. The lowest BCUT2D eigenvalue weighted by molar-refractivity contribution is -0.214. The summed E-state index contributed by atoms with van der Waals surface area (Å²) >= 11 is 0. The van der Waals surface area contributed by atoms with Crippen molar-refractivity contribution in [3.63, 3.8) is 0 Å². The fourth-order valence-electron chi connectivity index (χ4n) is 3.80. The summed E-state index contributed by atoms with van der Waals surface area (Å²) in [5.74, 6) is -10.3. The quantitative estimate of drug-likeness (QED) is 0.347. The van der Waals surface area contributed by atoms with Crippen molar-refractivity contribution in [1.29, 1.82) is 0 Å². The van der Waals surface area contributed by atoms with Crippen LogP contribution in [0.4, 0.5) is 61.5 Å². The number of hydroxylamine groups is 2. The smallest absolute Gasteiger partial charge is 0.338 e. The van der Waals surface area contributed by atoms with Crippen molar-refractivity contribution in [3.05, 3.63) is 76.1 Å². The van der Waals surface area contributed by atoms with Crippen LogP contribution in [0.5, 0.6) is 0 Å². The summed E-state index contributed by atoms with van der Waals surface area (Å²) in [7, 11) is 0. The summed E-state index contributed by atoms with van der Waals surface area (Å²) in [6.07, 6.45) is -21.7. The molecule has 1 saturated heterocycles. The standard InChI is InChI=1S/C24H14F14N2O3/c25-16-4-2-10(5-15(16)24(36,37)38)13(22(30,31)32)7-17(26)11-1-3-12(14(6-11)23(33,34)35)19(41)39-18-8-43-40(20(18)42)9-21(27,28)29/h1-7,13,18H,8-9H2,(H,39,41)/b17-7-/t13?,18-/m1/s1. The van der Waals surface area contributed by atoms with Gasteiger partial charge in [-0.3, -0.25) is 14.4 Å². The molecule has 2 atom stereocenters. The van der Waals surface area contributed by atoms with E-state index in [-0.39, 0.29) is 41.5 Å². The van der Waals surface area contributed by atoms with E-state index in [4.69, 9.17) is 0 Å². The van der Waals surface area contributed by atoms with Crippen LogP contribution in [0, 0.1) is 5.82 Å². The second-order valence-electron chi connectivity index (χ2n) is 8.84. The fraction of sp³-hybridized carbons (Fsp3) is 0.333. The predicted molar refractivity (Wildman–Crippen MR) is 116 cm³/mol. The molecule has 19 heteroatoms. The summed E-state index contributed by atoms with van der Waals surface area (Å²) in [6.45, 7) is -2.80. The zero-order chi connectivity index (χ0) is 32.7. The van der Waals surface area contributed by atoms with Crippen molar-refractivity contribution in [2.24, 2.45) is 0 Å². The Morgan fingerprint density at radius 3 is 2.07 bits per heavy atom. The van der Waals surface area contributed by atoms with Crippen LogP contribution >= 0.6 is 0 Å². The normalized spacial score (nSPS) is 17.8. The SMILES string of the molecule is O=C(N[C@@H]1CON(CC(F)(F)F)C1=O)c1ccc(/C(F)=C/C(c2ccc(F)c(C(F)(F)F)c2)C(F)(F)F)cc1C(F)(F)F. The van der Waals surface area contributed by atoms with Crippen molar-refractivity contribution in [2.45, 2.75) is 36.7 Å². The highest BCUT2D eigenvalue weighted by molar-refractivity contribution is 5.99. The molecule has 1 fully saturated rings. The molecule has 0 aliphatic carbocycles. The van der Waals surface area contributed by atoms with Gasteiger partial charge in [0.05, 0.1) is 16.7 Å². The van der Waals surface area contributed by atoms with Gasteiger partial charge in [-0.15, -0.1) is 0 Å². The first kappa shape index (κ1) is 33.6. The van der Waals surface area contributed by atoms with Crippen LogP contribution < -0.4 is 5.32 Å². The number of halogens is 14. The number of benzene rings is 2. The minimum absolute atomic E-state index is 0.0419. The Morgan fingerprint density at radius 2 is 1.53 bits per heavy atom. The Kier molecular flexibility index (Phi) is 9.10. The summed E-state index contributed by atoms with van der Waals surface area (Å²) < 4.78 is 187. The molecular weight excluding hydrogens is 630 g/mol. The lowest BCUT2D eigenvalue weighted by atomic mass is 9.94. The van der Waals surface area contributed by atoms with E-state index in [1.165, 1.54) is 0 Å². The number of hydrogen-bond donors (Lipinski definition) is 1. The molecule has 236 valence electrons. The average molecular weight is 644 g/mol. The number of alkyl halides is 12. The molecule has 2 amide bonds. The predicted octanol–water partition coefficient (Wildman–Crippen LogP) is 6.95. The molecule has 2 aromatic rings. The van der Waals surface area contributed by atoms with Gasteiger partial charge in [0.1, 0.15) is 36.8 Å². The van der Waals surface area contributed by atoms with Gasteiger partial charge in [-0.05, 0) is 35.9 Å². The maximum absolute atomic E-state index is 14.9. The first-order chi connectivity index (χ1) is 19.5. The molecule has 0 saturated carbocycles. The van der Waals surface area contributed by atoms with Gasteiger partial charge in [0, 0.05) is 5.56 Å². The maximum atomic E-state index is 14.9. The fourth-order valence-corrected chi connectivity index (χ4v) is 3.80. The average Bonchev–Trinajstić information content (AvgIpc) is 3.17. The Hall–Kier alpha value is -3.90. The largest absolute Gasteiger partial charge is 0.419 e. The van der Waals surface area contributed by atoms with Crippen molar-refractivity contribution in [2.75, 3.05) is 13.2 Å². The third-order valence-electron chi connectivity index (χ3n) is 5.74. The zero-order valence-electron chi connectivity index (χ0n) is 20.6. The van der Waals surface area contributed by atoms with Gasteiger partial charge in [-0.25, -0.2) is 13.8 Å². The number of hydrogen-bond acceptors (Lipinski definition) is 3. The third-order valence-corrected chi connectivity index (χ3v) is 5.74. The molecular formula is C24H14F14N2O3. The van der Waals surface area contributed by atoms with E-state index in [1.807, 2.05) is 0 Å². The Labute approximate surface area is 230 Å². The minimum Gasteiger partial charge on any atom is -0.338 e. The van der Waals surface area contributed by atoms with E-state index >= 15 is 0 Å². The number of rotatable bonds is 6. The summed E-state index contributed by atoms with van der Waals surface area (Å²) in [4.78, 5) is 29.0. The molecule has 1 N–H and O–H groups in total. The number of nitrogens with zero attached hydrogens (tertiary/aromatic N) is 1. The molecule has 1 heterocycles. The molecule has 43 heavy (non-hydrogen) atoms. The van der Waals surface area contributed by atoms with E-state index in [0.29, 0.717) is 6.07 Å². The van der Waals surface area contributed by atoms with E-state index in [1.54, 1.807) is 5.32 Å². The van der Waals surface area contributed by atoms with Gasteiger partial charge in [-0.2, -0.15) is 52.7 Å². The highest BCUT2D eigenvalue weighted by atomic mass is 19.4. The highest BCUT2D eigenvalue weighted by Crippen LogP contribution is 2.42. The topological polar surface area (TPSA) is 58.6 Å². The molecule has 3 rings (SSSR count). The van der Waals surface area contributed by atoms with Crippen LogP contribution in [0.2, 0.25) is 0 Å². The van der Waals surface area contributed by atoms with E-state index in [9.17, 15) is 71.1 Å². The van der Waals surface area contributed by atoms with Gasteiger partial charge < -0.3 is 5.32 Å². The summed E-state index contributed by atoms with van der Waals surface area (Å²) in [6, 6.07) is -1.21. The number of carbonyl (C=O) groups excluding carboxylic acids is 2. The second-order valence-corrected chi connectivity index (χ2v) is 8.84. The summed E-state index contributed by atoms with van der Waals surface area (Å²) in [5, 5.41) is 1.53. The van der Waals surface area contributed by atoms with Gasteiger partial charge in [0.25, 0.3) is 11.8 Å². The molecule has 0 radical (unpaired) electrons. The van der Waals surface area contributed by atoms with E-state index in [2.05, 4.69) is 4.84 Å². The number of allylic oxidation sites excluding steroid dienone is 1. The number of nitrogens with one attached hydrogen (secondary N) is 1. The number of carbonyl (C=O) groups is 2. The molecule has 1 aliphatic rings. The highest BCUT2D eigenvalue weighted by Gasteiger charge is 2.44. The Balaban J connectivity index is 1.96. The first-order valence-electron chi connectivity index (χ1n) is 11.3. The summed E-state index contributed by atoms with van der Waals surface area (Å²) in [5.41, 5.74) is -7.89. The van der Waals surface area contributed by atoms with Crippen LogP contribution in [-0.2, 0) is 22.0 Å². The van der Waals surface area contributed by atoms with Gasteiger partial charge >= 0.3 is 24.7 Å². The zero-order valence-corrected chi connectivity index (χ0v) is 20.6. The monoisotopic (exact) mass is 644 g/mol. The molecule has 0 aromatic heterocycles. The van der Waals surface area contributed by atoms with Crippen molar-refractivity contribution >= 4 is 17.6 Å². The van der Waals surface area contributed by atoms with Crippen molar-refractivity contribution in [1.82, 2.24) is 10.4 Å². The number of amides is 2. The first-order valence-corrected chi connectivity index (χ1v) is 11.3. The Bertz CT molecular complexity index is 1410. The molecule has 1 unspecified atom stereocenters. The molecule has 1 aliphatic heterocycles. The van der Waals surface area contributed by atoms with E-state index < -0.39 is 101 Å². The second kappa shape index (κ2) is 11.6. The van der Waals surface area contributed by atoms with Crippen molar-refractivity contribution < 1.29 is 75.9 Å². The lowest BCUT2D eigenvalue weighted by Gasteiger charge is -2.20. The van der Waals surface area contributed by atoms with Crippen LogP contribution in [0.25, 0.3) is 5.83 Å². The van der Waals surface area contributed by atoms with Crippen LogP contribution in [-0.4, -0.2) is 48.4 Å². The molecule has 0 spiro atoms. The lowest BCUT2D eigenvalue weighted by Crippen LogP contribution is -2.44. The van der Waals surface area contributed by atoms with Crippen molar-refractivity contribution in [3.8, 4) is 0 Å². The van der Waals surface area contributed by atoms with Gasteiger partial charge in [0.2, 0.25) is 0 Å².